The molecule has 3 aromatic rings. The highest BCUT2D eigenvalue weighted by Crippen LogP contribution is 2.14. The van der Waals surface area contributed by atoms with Gasteiger partial charge in [-0.2, -0.15) is 5.10 Å². The van der Waals surface area contributed by atoms with Crippen molar-refractivity contribution in [2.45, 2.75) is 20.1 Å². The molecule has 6 nitrogen and oxygen atoms in total. The summed E-state index contributed by atoms with van der Waals surface area (Å²) in [7, 11) is 0. The lowest BCUT2D eigenvalue weighted by Gasteiger charge is -2.06. The zero-order valence-electron chi connectivity index (χ0n) is 17.0. The van der Waals surface area contributed by atoms with Gasteiger partial charge in [0.2, 0.25) is 0 Å². The molecule has 0 atom stereocenters. The molecule has 31 heavy (non-hydrogen) atoms. The molecule has 0 aliphatic heterocycles. The predicted octanol–water partition coefficient (Wildman–Crippen LogP) is 3.48. The van der Waals surface area contributed by atoms with E-state index in [9.17, 15) is 14.0 Å². The van der Waals surface area contributed by atoms with Crippen molar-refractivity contribution in [2.75, 3.05) is 0 Å². The van der Waals surface area contributed by atoms with Gasteiger partial charge in [0, 0.05) is 6.54 Å². The molecule has 3 rings (SSSR count). The molecule has 0 saturated carbocycles. The van der Waals surface area contributed by atoms with Crippen LogP contribution in [-0.4, -0.2) is 18.0 Å². The molecular formula is C24H22FN3O3. The minimum atomic E-state index is -0.849. The predicted molar refractivity (Wildman–Crippen MR) is 116 cm³/mol. The normalized spacial score (nSPS) is 10.6. The number of ether oxygens (including phenoxy) is 1. The lowest BCUT2D eigenvalue weighted by atomic mass is 10.1. The Balaban J connectivity index is 1.42. The van der Waals surface area contributed by atoms with E-state index in [0.29, 0.717) is 11.3 Å². The average molecular weight is 419 g/mol. The number of nitrogens with zero attached hydrogens (tertiary/aromatic N) is 1. The molecule has 0 aromatic heterocycles. The highest BCUT2D eigenvalue weighted by Gasteiger charge is 2.11. The Hall–Kier alpha value is -4.00. The van der Waals surface area contributed by atoms with E-state index < -0.39 is 11.8 Å². The van der Waals surface area contributed by atoms with Crippen molar-refractivity contribution in [1.29, 1.82) is 0 Å². The van der Waals surface area contributed by atoms with E-state index in [0.717, 1.165) is 16.7 Å². The van der Waals surface area contributed by atoms with Gasteiger partial charge in [0.1, 0.15) is 18.2 Å². The van der Waals surface area contributed by atoms with Crippen molar-refractivity contribution >= 4 is 18.0 Å². The maximum Gasteiger partial charge on any atom is 0.329 e. The highest BCUT2D eigenvalue weighted by molar-refractivity contribution is 6.35. The lowest BCUT2D eigenvalue weighted by molar-refractivity contribution is -0.139. The van der Waals surface area contributed by atoms with Gasteiger partial charge in [0.25, 0.3) is 0 Å². The third-order valence-electron chi connectivity index (χ3n) is 4.33. The number of rotatable bonds is 7. The molecule has 3 aromatic carbocycles. The van der Waals surface area contributed by atoms with Crippen molar-refractivity contribution in [1.82, 2.24) is 10.7 Å². The van der Waals surface area contributed by atoms with Crippen molar-refractivity contribution in [3.8, 4) is 5.75 Å². The summed E-state index contributed by atoms with van der Waals surface area (Å²) in [6.07, 6.45) is 1.42. The number of halogens is 1. The van der Waals surface area contributed by atoms with Crippen LogP contribution in [0.2, 0.25) is 0 Å². The zero-order valence-corrected chi connectivity index (χ0v) is 17.0. The summed E-state index contributed by atoms with van der Waals surface area (Å²) in [5.74, 6) is -1.31. The molecule has 0 aliphatic carbocycles. The summed E-state index contributed by atoms with van der Waals surface area (Å²) < 4.78 is 18.8. The van der Waals surface area contributed by atoms with Gasteiger partial charge in [-0.15, -0.1) is 0 Å². The maximum atomic E-state index is 13.2. The molecule has 158 valence electrons. The summed E-state index contributed by atoms with van der Waals surface area (Å²) in [4.78, 5) is 23.7. The maximum absolute atomic E-state index is 13.2. The number of nitrogens with one attached hydrogen (secondary N) is 2. The van der Waals surface area contributed by atoms with Crippen LogP contribution < -0.4 is 15.5 Å². The number of aryl methyl sites for hydroxylation is 1. The Morgan fingerprint density at radius 2 is 1.71 bits per heavy atom. The number of hydrogen-bond donors (Lipinski definition) is 2. The first-order valence-electron chi connectivity index (χ1n) is 9.64. The van der Waals surface area contributed by atoms with Gasteiger partial charge in [0.15, 0.2) is 0 Å². The monoisotopic (exact) mass is 419 g/mol. The molecule has 0 heterocycles. The van der Waals surface area contributed by atoms with E-state index in [-0.39, 0.29) is 19.0 Å². The molecule has 0 saturated heterocycles. The van der Waals surface area contributed by atoms with Gasteiger partial charge in [-0.1, -0.05) is 42.0 Å². The van der Waals surface area contributed by atoms with Crippen LogP contribution in [-0.2, 0) is 22.7 Å². The van der Waals surface area contributed by atoms with Gasteiger partial charge in [-0.05, 0) is 60.0 Å². The molecule has 2 N–H and O–H groups in total. The summed E-state index contributed by atoms with van der Waals surface area (Å²) in [5, 5.41) is 6.33. The van der Waals surface area contributed by atoms with Crippen molar-refractivity contribution in [3.63, 3.8) is 0 Å². The number of benzene rings is 3. The summed E-state index contributed by atoms with van der Waals surface area (Å²) in [6, 6.07) is 20.8. The lowest BCUT2D eigenvalue weighted by Crippen LogP contribution is -2.37. The second kappa shape index (κ2) is 10.7. The van der Waals surface area contributed by atoms with Crippen LogP contribution in [0.5, 0.6) is 5.75 Å². The molecule has 0 bridgehead atoms. The largest absolute Gasteiger partial charge is 0.489 e. The third-order valence-corrected chi connectivity index (χ3v) is 4.33. The first-order chi connectivity index (χ1) is 15.0. The molecule has 7 heteroatoms. The second-order valence-electron chi connectivity index (χ2n) is 6.86. The van der Waals surface area contributed by atoms with E-state index in [1.54, 1.807) is 36.4 Å². The van der Waals surface area contributed by atoms with Crippen molar-refractivity contribution < 1.29 is 18.7 Å². The fourth-order valence-electron chi connectivity index (χ4n) is 2.63. The molecule has 0 spiro atoms. The Morgan fingerprint density at radius 1 is 0.968 bits per heavy atom. The highest BCUT2D eigenvalue weighted by atomic mass is 19.1. The van der Waals surface area contributed by atoms with E-state index in [4.69, 9.17) is 4.74 Å². The summed E-state index contributed by atoms with van der Waals surface area (Å²) in [5.41, 5.74) is 5.65. The SMILES string of the molecule is Cc1ccc(CNC(=O)C(=O)N/N=C\c2ccc(OCc3cccc(F)c3)cc2)cc1. The first kappa shape index (κ1) is 21.7. The average Bonchev–Trinajstić information content (AvgIpc) is 2.78. The van der Waals surface area contributed by atoms with E-state index in [1.807, 2.05) is 31.2 Å². The number of amides is 2. The van der Waals surface area contributed by atoms with Gasteiger partial charge >= 0.3 is 11.8 Å². The molecular weight excluding hydrogens is 397 g/mol. The number of hydrazone groups is 1. The number of carbonyl (C=O) groups excluding carboxylic acids is 2. The topological polar surface area (TPSA) is 79.8 Å². The first-order valence-corrected chi connectivity index (χ1v) is 9.64. The quantitative estimate of drug-likeness (QED) is 0.350. The number of carbonyl (C=O) groups is 2. The van der Waals surface area contributed by atoms with Crippen molar-refractivity contribution in [2.24, 2.45) is 5.10 Å². The minimum Gasteiger partial charge on any atom is -0.489 e. The fourth-order valence-corrected chi connectivity index (χ4v) is 2.63. The van der Waals surface area contributed by atoms with Gasteiger partial charge < -0.3 is 10.1 Å². The Kier molecular flexibility index (Phi) is 7.48. The zero-order chi connectivity index (χ0) is 22.1. The summed E-state index contributed by atoms with van der Waals surface area (Å²) in [6.45, 7) is 2.48. The Morgan fingerprint density at radius 3 is 2.42 bits per heavy atom. The van der Waals surface area contributed by atoms with Gasteiger partial charge in [-0.3, -0.25) is 9.59 Å². The van der Waals surface area contributed by atoms with E-state index in [2.05, 4.69) is 15.8 Å². The van der Waals surface area contributed by atoms with E-state index >= 15 is 0 Å². The van der Waals surface area contributed by atoms with Gasteiger partial charge in [-0.25, -0.2) is 9.82 Å². The third kappa shape index (κ3) is 7.08. The Bertz CT molecular complexity index is 1060. The molecule has 0 unspecified atom stereocenters. The van der Waals surface area contributed by atoms with Crippen LogP contribution in [0, 0.1) is 12.7 Å². The smallest absolute Gasteiger partial charge is 0.329 e. The van der Waals surface area contributed by atoms with Crippen LogP contribution in [0.1, 0.15) is 22.3 Å². The Labute approximate surface area is 179 Å². The van der Waals surface area contributed by atoms with Crippen LogP contribution in [0.25, 0.3) is 0 Å². The standard InChI is InChI=1S/C24H22FN3O3/c1-17-5-7-18(8-6-17)14-26-23(29)24(30)28-27-15-19-9-11-22(12-10-19)31-16-20-3-2-4-21(25)13-20/h2-13,15H,14,16H2,1H3,(H,26,29)(H,28,30)/b27-15-. The fraction of sp³-hybridized carbons (Fsp3) is 0.125. The second-order valence-corrected chi connectivity index (χ2v) is 6.86. The van der Waals surface area contributed by atoms with Gasteiger partial charge in [0.05, 0.1) is 6.21 Å². The molecule has 0 aliphatic rings. The van der Waals surface area contributed by atoms with Crippen molar-refractivity contribution in [3.05, 3.63) is 101 Å². The van der Waals surface area contributed by atoms with Crippen LogP contribution in [0.3, 0.4) is 0 Å². The van der Waals surface area contributed by atoms with Crippen LogP contribution >= 0.6 is 0 Å². The molecule has 2 amide bonds. The van der Waals surface area contributed by atoms with Crippen LogP contribution in [0.4, 0.5) is 4.39 Å². The van der Waals surface area contributed by atoms with E-state index in [1.165, 1.54) is 18.3 Å². The summed E-state index contributed by atoms with van der Waals surface area (Å²) >= 11 is 0. The minimum absolute atomic E-state index is 0.249. The molecule has 0 fully saturated rings. The molecule has 0 radical (unpaired) electrons. The van der Waals surface area contributed by atoms with Crippen LogP contribution in [0.15, 0.2) is 77.9 Å². The number of hydrogen-bond acceptors (Lipinski definition) is 4.